The van der Waals surface area contributed by atoms with Crippen molar-refractivity contribution in [3.8, 4) is 0 Å². The topological polar surface area (TPSA) is 87.3 Å². The molecule has 0 spiro atoms. The largest absolute Gasteiger partial charge is 0.325 e. The second-order valence-corrected chi connectivity index (χ2v) is 8.92. The van der Waals surface area contributed by atoms with Gasteiger partial charge in [0.05, 0.1) is 16.1 Å². The van der Waals surface area contributed by atoms with Crippen molar-refractivity contribution >= 4 is 56.9 Å². The van der Waals surface area contributed by atoms with Gasteiger partial charge in [0.1, 0.15) is 0 Å². The van der Waals surface area contributed by atoms with Gasteiger partial charge >= 0.3 is 0 Å². The Kier molecular flexibility index (Phi) is 5.62. The quantitative estimate of drug-likeness (QED) is 0.346. The maximum absolute atomic E-state index is 13.2. The highest BCUT2D eigenvalue weighted by Crippen LogP contribution is 2.32. The summed E-state index contributed by atoms with van der Waals surface area (Å²) in [6.07, 6.45) is 1.76. The molecule has 1 aliphatic carbocycles. The molecule has 7 heteroatoms. The number of hydrogen-bond donors (Lipinski definition) is 3. The molecule has 1 aliphatic rings. The normalized spacial score (nSPS) is 12.8. The van der Waals surface area contributed by atoms with Crippen molar-refractivity contribution in [3.63, 3.8) is 0 Å². The fraction of sp³-hybridized carbons (Fsp3) is 0.115. The van der Waals surface area contributed by atoms with Gasteiger partial charge < -0.3 is 16.0 Å². The molecule has 0 unspecified atom stereocenters. The van der Waals surface area contributed by atoms with Gasteiger partial charge in [-0.3, -0.25) is 14.4 Å². The van der Waals surface area contributed by atoms with Gasteiger partial charge in [-0.2, -0.15) is 0 Å². The van der Waals surface area contributed by atoms with E-state index in [1.807, 2.05) is 41.8 Å². The van der Waals surface area contributed by atoms with Crippen molar-refractivity contribution < 1.29 is 14.4 Å². The number of fused-ring (bicyclic) bond motifs is 1. The standard InChI is InChI=1S/C26H21N3O3S/c30-24(16-10-11-16)29-22-14-18-6-2-1-5-17(18)13-21(22)25(31)27-19-7-3-8-20(15-19)28-26(32)23-9-4-12-33-23/h1-9,12-16H,10-11H2,(H,27,31)(H,28,32)(H,29,30). The van der Waals surface area contributed by atoms with E-state index in [9.17, 15) is 14.4 Å². The summed E-state index contributed by atoms with van der Waals surface area (Å²) in [4.78, 5) is 38.6. The summed E-state index contributed by atoms with van der Waals surface area (Å²) >= 11 is 1.36. The third kappa shape index (κ3) is 4.78. The lowest BCUT2D eigenvalue weighted by atomic mass is 10.0. The predicted octanol–water partition coefficient (Wildman–Crippen LogP) is 5.75. The van der Waals surface area contributed by atoms with Crippen LogP contribution in [0, 0.1) is 5.92 Å². The van der Waals surface area contributed by atoms with E-state index in [0.717, 1.165) is 23.6 Å². The number of thiophene rings is 1. The molecular weight excluding hydrogens is 434 g/mol. The summed E-state index contributed by atoms with van der Waals surface area (Å²) < 4.78 is 0. The predicted molar refractivity (Wildman–Crippen MR) is 132 cm³/mol. The molecule has 1 fully saturated rings. The molecule has 1 saturated carbocycles. The van der Waals surface area contributed by atoms with Crippen LogP contribution in [0.2, 0.25) is 0 Å². The fourth-order valence-corrected chi connectivity index (χ4v) is 4.20. The lowest BCUT2D eigenvalue weighted by Gasteiger charge is -2.14. The number of benzene rings is 3. The summed E-state index contributed by atoms with van der Waals surface area (Å²) in [5.74, 6) is -0.574. The van der Waals surface area contributed by atoms with Gasteiger partial charge in [0.2, 0.25) is 5.91 Å². The number of nitrogens with one attached hydrogen (secondary N) is 3. The van der Waals surface area contributed by atoms with Crippen molar-refractivity contribution in [1.29, 1.82) is 0 Å². The Labute approximate surface area is 194 Å². The zero-order valence-corrected chi connectivity index (χ0v) is 18.4. The second-order valence-electron chi connectivity index (χ2n) is 7.97. The molecule has 0 saturated heterocycles. The number of anilines is 3. The zero-order chi connectivity index (χ0) is 22.8. The van der Waals surface area contributed by atoms with Crippen LogP contribution in [-0.4, -0.2) is 17.7 Å². The van der Waals surface area contributed by atoms with E-state index < -0.39 is 0 Å². The highest BCUT2D eigenvalue weighted by molar-refractivity contribution is 7.12. The van der Waals surface area contributed by atoms with E-state index in [1.165, 1.54) is 11.3 Å². The first kappa shape index (κ1) is 20.9. The maximum atomic E-state index is 13.2. The Hall–Kier alpha value is -3.97. The molecule has 1 aromatic heterocycles. The van der Waals surface area contributed by atoms with Gasteiger partial charge in [-0.25, -0.2) is 0 Å². The Morgan fingerprint density at radius 1 is 0.727 bits per heavy atom. The molecule has 5 rings (SSSR count). The van der Waals surface area contributed by atoms with Gasteiger partial charge in [0.25, 0.3) is 11.8 Å². The van der Waals surface area contributed by atoms with Crippen LogP contribution in [-0.2, 0) is 4.79 Å². The van der Waals surface area contributed by atoms with E-state index in [-0.39, 0.29) is 23.6 Å². The molecule has 164 valence electrons. The first-order chi connectivity index (χ1) is 16.1. The molecule has 33 heavy (non-hydrogen) atoms. The van der Waals surface area contributed by atoms with E-state index in [0.29, 0.717) is 27.5 Å². The monoisotopic (exact) mass is 455 g/mol. The highest BCUT2D eigenvalue weighted by Gasteiger charge is 2.30. The van der Waals surface area contributed by atoms with Crippen LogP contribution in [0.3, 0.4) is 0 Å². The minimum absolute atomic E-state index is 0.0241. The number of carbonyl (C=O) groups excluding carboxylic acids is 3. The third-order valence-electron chi connectivity index (χ3n) is 5.46. The minimum Gasteiger partial charge on any atom is -0.325 e. The average Bonchev–Trinajstić information content (AvgIpc) is 3.52. The lowest BCUT2D eigenvalue weighted by Crippen LogP contribution is -2.19. The first-order valence-corrected chi connectivity index (χ1v) is 11.5. The van der Waals surface area contributed by atoms with Crippen LogP contribution in [0.25, 0.3) is 10.8 Å². The number of rotatable bonds is 6. The molecular formula is C26H21N3O3S. The summed E-state index contributed by atoms with van der Waals surface area (Å²) in [6.45, 7) is 0. The van der Waals surface area contributed by atoms with Crippen molar-refractivity contribution in [1.82, 2.24) is 0 Å². The van der Waals surface area contributed by atoms with Gasteiger partial charge in [0, 0.05) is 17.3 Å². The van der Waals surface area contributed by atoms with Crippen LogP contribution in [0.15, 0.2) is 78.2 Å². The smallest absolute Gasteiger partial charge is 0.265 e. The van der Waals surface area contributed by atoms with E-state index in [1.54, 1.807) is 36.4 Å². The minimum atomic E-state index is -0.339. The van der Waals surface area contributed by atoms with Crippen LogP contribution in [0.1, 0.15) is 32.9 Å². The molecule has 0 aliphatic heterocycles. The van der Waals surface area contributed by atoms with Crippen LogP contribution in [0.4, 0.5) is 17.1 Å². The molecule has 3 N–H and O–H groups in total. The Morgan fingerprint density at radius 3 is 2.09 bits per heavy atom. The molecule has 0 bridgehead atoms. The summed E-state index contributed by atoms with van der Waals surface area (Å²) in [5, 5.41) is 12.4. The molecule has 3 aromatic carbocycles. The summed E-state index contributed by atoms with van der Waals surface area (Å²) in [7, 11) is 0. The average molecular weight is 456 g/mol. The Bertz CT molecular complexity index is 1360. The number of hydrogen-bond acceptors (Lipinski definition) is 4. The maximum Gasteiger partial charge on any atom is 0.265 e. The summed E-state index contributed by atoms with van der Waals surface area (Å²) in [5.41, 5.74) is 1.99. The van der Waals surface area contributed by atoms with Crippen LogP contribution < -0.4 is 16.0 Å². The Balaban J connectivity index is 1.39. The fourth-order valence-electron chi connectivity index (χ4n) is 3.59. The highest BCUT2D eigenvalue weighted by atomic mass is 32.1. The number of carbonyl (C=O) groups is 3. The van der Waals surface area contributed by atoms with E-state index in [4.69, 9.17) is 0 Å². The third-order valence-corrected chi connectivity index (χ3v) is 6.33. The first-order valence-electron chi connectivity index (χ1n) is 10.7. The second kappa shape index (κ2) is 8.88. The molecule has 3 amide bonds. The SMILES string of the molecule is O=C(Nc1cccc(NC(=O)c2cc3ccccc3cc2NC(=O)C2CC2)c1)c1cccs1. The van der Waals surface area contributed by atoms with Crippen LogP contribution >= 0.6 is 11.3 Å². The summed E-state index contributed by atoms with van der Waals surface area (Å²) in [6, 6.07) is 21.9. The lowest BCUT2D eigenvalue weighted by molar-refractivity contribution is -0.117. The van der Waals surface area contributed by atoms with E-state index in [2.05, 4.69) is 16.0 Å². The van der Waals surface area contributed by atoms with Gasteiger partial charge in [-0.05, 0) is 65.4 Å². The Morgan fingerprint density at radius 2 is 1.42 bits per heavy atom. The molecule has 4 aromatic rings. The van der Waals surface area contributed by atoms with Gasteiger partial charge in [-0.1, -0.05) is 36.4 Å². The molecule has 0 atom stereocenters. The number of amides is 3. The van der Waals surface area contributed by atoms with Crippen LogP contribution in [0.5, 0.6) is 0 Å². The molecule has 1 heterocycles. The molecule has 6 nitrogen and oxygen atoms in total. The van der Waals surface area contributed by atoms with Gasteiger partial charge in [-0.15, -0.1) is 11.3 Å². The zero-order valence-electron chi connectivity index (χ0n) is 17.6. The van der Waals surface area contributed by atoms with Crippen molar-refractivity contribution in [2.75, 3.05) is 16.0 Å². The van der Waals surface area contributed by atoms with Gasteiger partial charge in [0.15, 0.2) is 0 Å². The van der Waals surface area contributed by atoms with E-state index >= 15 is 0 Å². The van der Waals surface area contributed by atoms with Crippen molar-refractivity contribution in [3.05, 3.63) is 88.6 Å². The van der Waals surface area contributed by atoms with Crippen molar-refractivity contribution in [2.24, 2.45) is 5.92 Å². The molecule has 0 radical (unpaired) electrons. The van der Waals surface area contributed by atoms with Crippen molar-refractivity contribution in [2.45, 2.75) is 12.8 Å².